The van der Waals surface area contributed by atoms with E-state index in [1.165, 1.54) is 19.3 Å². The lowest BCUT2D eigenvalue weighted by molar-refractivity contribution is -0.111. The van der Waals surface area contributed by atoms with E-state index >= 15 is 0 Å². The number of nitrogens with one attached hydrogen (secondary N) is 1. The summed E-state index contributed by atoms with van der Waals surface area (Å²) in [6.07, 6.45) is 2.89. The number of benzene rings is 2. The Morgan fingerprint density at radius 3 is 2.67 bits per heavy atom. The van der Waals surface area contributed by atoms with Crippen molar-refractivity contribution in [1.82, 2.24) is 4.98 Å². The largest absolute Gasteiger partial charge is 0.493 e. The molecule has 1 N–H and O–H groups in total. The predicted molar refractivity (Wildman–Crippen MR) is 91.2 cm³/mol. The van der Waals surface area contributed by atoms with Crippen LogP contribution in [0.4, 0.5) is 5.69 Å². The van der Waals surface area contributed by atoms with Crippen molar-refractivity contribution < 1.29 is 18.7 Å². The zero-order valence-electron chi connectivity index (χ0n) is 13.3. The number of oxazole rings is 1. The van der Waals surface area contributed by atoms with Gasteiger partial charge in [-0.3, -0.25) is 4.79 Å². The highest BCUT2D eigenvalue weighted by atomic mass is 16.5. The Kier molecular flexibility index (Phi) is 4.47. The molecule has 0 radical (unpaired) electrons. The van der Waals surface area contributed by atoms with E-state index in [2.05, 4.69) is 10.3 Å². The van der Waals surface area contributed by atoms with Gasteiger partial charge >= 0.3 is 0 Å². The number of amides is 1. The topological polar surface area (TPSA) is 73.6 Å². The van der Waals surface area contributed by atoms with Crippen LogP contribution >= 0.6 is 0 Å². The molecule has 0 aliphatic heterocycles. The average molecular weight is 324 g/mol. The van der Waals surface area contributed by atoms with Crippen molar-refractivity contribution in [3.63, 3.8) is 0 Å². The smallest absolute Gasteiger partial charge is 0.248 e. The van der Waals surface area contributed by atoms with E-state index in [-0.39, 0.29) is 5.91 Å². The summed E-state index contributed by atoms with van der Waals surface area (Å²) in [6.45, 7) is 0. The van der Waals surface area contributed by atoms with Crippen molar-refractivity contribution in [3.05, 3.63) is 54.4 Å². The van der Waals surface area contributed by atoms with Gasteiger partial charge in [0.15, 0.2) is 17.1 Å². The second kappa shape index (κ2) is 6.87. The monoisotopic (exact) mass is 324 g/mol. The molecule has 0 fully saturated rings. The number of fused-ring (bicyclic) bond motifs is 1. The molecule has 0 spiro atoms. The highest BCUT2D eigenvalue weighted by molar-refractivity contribution is 6.01. The molecule has 122 valence electrons. The molecule has 0 unspecified atom stereocenters. The van der Waals surface area contributed by atoms with Gasteiger partial charge in [-0.15, -0.1) is 0 Å². The van der Waals surface area contributed by atoms with Crippen LogP contribution in [0.2, 0.25) is 0 Å². The zero-order valence-corrected chi connectivity index (χ0v) is 13.3. The summed E-state index contributed by atoms with van der Waals surface area (Å²) < 4.78 is 15.9. The van der Waals surface area contributed by atoms with Crippen LogP contribution in [0.5, 0.6) is 11.5 Å². The molecule has 24 heavy (non-hydrogen) atoms. The van der Waals surface area contributed by atoms with Gasteiger partial charge in [0.2, 0.25) is 11.8 Å². The Morgan fingerprint density at radius 1 is 1.12 bits per heavy atom. The maximum Gasteiger partial charge on any atom is 0.248 e. The third-order valence-electron chi connectivity index (χ3n) is 3.34. The Morgan fingerprint density at radius 2 is 1.92 bits per heavy atom. The Balaban J connectivity index is 1.70. The highest BCUT2D eigenvalue weighted by Crippen LogP contribution is 2.29. The van der Waals surface area contributed by atoms with Gasteiger partial charge < -0.3 is 19.2 Å². The van der Waals surface area contributed by atoms with Crippen LogP contribution in [0.1, 0.15) is 5.89 Å². The second-order valence-electron chi connectivity index (χ2n) is 4.91. The van der Waals surface area contributed by atoms with Crippen molar-refractivity contribution in [2.24, 2.45) is 0 Å². The van der Waals surface area contributed by atoms with Gasteiger partial charge in [-0.2, -0.15) is 0 Å². The normalized spacial score (nSPS) is 10.9. The first-order valence-corrected chi connectivity index (χ1v) is 7.26. The number of hydrogen-bond acceptors (Lipinski definition) is 5. The number of ether oxygens (including phenoxy) is 2. The molecular formula is C18H16N2O4. The number of aromatic nitrogens is 1. The van der Waals surface area contributed by atoms with E-state index in [1.807, 2.05) is 24.3 Å². The summed E-state index contributed by atoms with van der Waals surface area (Å²) >= 11 is 0. The van der Waals surface area contributed by atoms with Gasteiger partial charge in [0, 0.05) is 23.9 Å². The molecule has 0 saturated heterocycles. The molecule has 3 rings (SSSR count). The molecule has 0 atom stereocenters. The molecule has 0 bridgehead atoms. The average Bonchev–Trinajstić information content (AvgIpc) is 3.03. The zero-order chi connectivity index (χ0) is 16.9. The summed E-state index contributed by atoms with van der Waals surface area (Å²) in [6, 6.07) is 12.5. The Bertz CT molecular complexity index is 866. The minimum absolute atomic E-state index is 0.301. The van der Waals surface area contributed by atoms with E-state index in [0.29, 0.717) is 28.7 Å². The van der Waals surface area contributed by atoms with Crippen LogP contribution < -0.4 is 14.8 Å². The Labute approximate surface area is 138 Å². The molecule has 6 nitrogen and oxygen atoms in total. The third kappa shape index (κ3) is 3.38. The van der Waals surface area contributed by atoms with Gasteiger partial charge in [-0.05, 0) is 24.3 Å². The molecule has 0 aliphatic carbocycles. The van der Waals surface area contributed by atoms with Gasteiger partial charge in [-0.1, -0.05) is 12.1 Å². The third-order valence-corrected chi connectivity index (χ3v) is 3.34. The van der Waals surface area contributed by atoms with Gasteiger partial charge in [0.1, 0.15) is 5.52 Å². The minimum Gasteiger partial charge on any atom is -0.493 e. The lowest BCUT2D eigenvalue weighted by atomic mass is 10.2. The fourth-order valence-corrected chi connectivity index (χ4v) is 2.21. The molecule has 1 aromatic heterocycles. The standard InChI is InChI=1S/C18H16N2O4/c1-22-15-8-7-12(11-16(15)23-2)19-17(21)9-10-18-20-13-5-3-4-6-14(13)24-18/h3-11H,1-2H3,(H,19,21)/b10-9+. The number of anilines is 1. The van der Waals surface area contributed by atoms with Crippen molar-refractivity contribution >= 4 is 28.8 Å². The molecular weight excluding hydrogens is 308 g/mol. The summed E-state index contributed by atoms with van der Waals surface area (Å²) in [5, 5.41) is 2.74. The minimum atomic E-state index is -0.301. The maximum atomic E-state index is 12.0. The fourth-order valence-electron chi connectivity index (χ4n) is 2.21. The highest BCUT2D eigenvalue weighted by Gasteiger charge is 2.06. The molecule has 6 heteroatoms. The van der Waals surface area contributed by atoms with Crippen LogP contribution in [0.25, 0.3) is 17.2 Å². The maximum absolute atomic E-state index is 12.0. The van der Waals surface area contributed by atoms with Gasteiger partial charge in [0.25, 0.3) is 0 Å². The van der Waals surface area contributed by atoms with Crippen LogP contribution in [-0.4, -0.2) is 25.1 Å². The van der Waals surface area contributed by atoms with E-state index in [0.717, 1.165) is 5.52 Å². The first-order chi connectivity index (χ1) is 11.7. The number of nitrogens with zero attached hydrogens (tertiary/aromatic N) is 1. The van der Waals surface area contributed by atoms with Gasteiger partial charge in [0.05, 0.1) is 14.2 Å². The quantitative estimate of drug-likeness (QED) is 0.727. The molecule has 1 heterocycles. The summed E-state index contributed by atoms with van der Waals surface area (Å²) in [7, 11) is 3.09. The number of carbonyl (C=O) groups excluding carboxylic acids is 1. The van der Waals surface area contributed by atoms with E-state index in [4.69, 9.17) is 13.9 Å². The van der Waals surface area contributed by atoms with Crippen molar-refractivity contribution in [2.75, 3.05) is 19.5 Å². The molecule has 0 saturated carbocycles. The molecule has 0 aliphatic rings. The van der Waals surface area contributed by atoms with E-state index in [1.54, 1.807) is 25.3 Å². The lowest BCUT2D eigenvalue weighted by Gasteiger charge is -2.09. The first-order valence-electron chi connectivity index (χ1n) is 7.26. The second-order valence-corrected chi connectivity index (χ2v) is 4.91. The van der Waals surface area contributed by atoms with Crippen LogP contribution in [0.15, 0.2) is 53.0 Å². The molecule has 1 amide bonds. The number of hydrogen-bond donors (Lipinski definition) is 1. The fraction of sp³-hybridized carbons (Fsp3) is 0.111. The molecule has 2 aromatic carbocycles. The number of rotatable bonds is 5. The molecule has 3 aromatic rings. The van der Waals surface area contributed by atoms with Crippen molar-refractivity contribution in [2.45, 2.75) is 0 Å². The van der Waals surface area contributed by atoms with Crippen LogP contribution in [0.3, 0.4) is 0 Å². The van der Waals surface area contributed by atoms with Gasteiger partial charge in [-0.25, -0.2) is 4.98 Å². The number of carbonyl (C=O) groups is 1. The first kappa shape index (κ1) is 15.6. The van der Waals surface area contributed by atoms with Crippen LogP contribution in [0, 0.1) is 0 Å². The summed E-state index contributed by atoms with van der Waals surface area (Å²) in [5.74, 6) is 1.21. The van der Waals surface area contributed by atoms with Crippen molar-refractivity contribution in [1.29, 1.82) is 0 Å². The van der Waals surface area contributed by atoms with E-state index < -0.39 is 0 Å². The summed E-state index contributed by atoms with van der Waals surface area (Å²) in [4.78, 5) is 16.3. The number of para-hydroxylation sites is 2. The summed E-state index contributed by atoms with van der Waals surface area (Å²) in [5.41, 5.74) is 2.02. The Hall–Kier alpha value is -3.28. The van der Waals surface area contributed by atoms with E-state index in [9.17, 15) is 4.79 Å². The predicted octanol–water partition coefficient (Wildman–Crippen LogP) is 3.50. The SMILES string of the molecule is COc1ccc(NC(=O)/C=C/c2nc3ccccc3o2)cc1OC. The number of methoxy groups -OCH3 is 2. The van der Waals surface area contributed by atoms with Crippen LogP contribution in [-0.2, 0) is 4.79 Å². The lowest BCUT2D eigenvalue weighted by Crippen LogP contribution is -2.07. The van der Waals surface area contributed by atoms with Crippen molar-refractivity contribution in [3.8, 4) is 11.5 Å².